The number of hydrogen-bond acceptors (Lipinski definition) is 3. The number of rotatable bonds is 7. The summed E-state index contributed by atoms with van der Waals surface area (Å²) in [7, 11) is -4.57. The third kappa shape index (κ3) is 4.16. The average Bonchev–Trinajstić information content (AvgIpc) is 2.36. The Morgan fingerprint density at radius 2 is 1.89 bits per heavy atom. The first-order valence-corrected chi connectivity index (χ1v) is 7.81. The lowest BCUT2D eigenvalue weighted by atomic mass is 10.1. The molecule has 0 aromatic heterocycles. The SMILES string of the molecule is CCCCC(C)Nc1ccccc1S(=O)(=O)C(F)F. The maximum absolute atomic E-state index is 12.6. The topological polar surface area (TPSA) is 46.2 Å². The van der Waals surface area contributed by atoms with Crippen LogP contribution in [-0.2, 0) is 9.84 Å². The van der Waals surface area contributed by atoms with Crippen LogP contribution < -0.4 is 5.32 Å². The van der Waals surface area contributed by atoms with Gasteiger partial charge in [-0.25, -0.2) is 8.42 Å². The molecular formula is C13H19F2NO2S. The molecule has 0 aliphatic carbocycles. The second kappa shape index (κ2) is 6.84. The van der Waals surface area contributed by atoms with Gasteiger partial charge in [0, 0.05) is 6.04 Å². The normalized spacial score (nSPS) is 13.5. The summed E-state index contributed by atoms with van der Waals surface area (Å²) in [5, 5.41) is 2.99. The molecule has 0 bridgehead atoms. The minimum Gasteiger partial charge on any atom is -0.382 e. The fourth-order valence-corrected chi connectivity index (χ4v) is 2.67. The van der Waals surface area contributed by atoms with Crippen LogP contribution in [0.25, 0.3) is 0 Å². The Morgan fingerprint density at radius 3 is 2.47 bits per heavy atom. The van der Waals surface area contributed by atoms with Gasteiger partial charge in [0.2, 0.25) is 9.84 Å². The molecule has 108 valence electrons. The summed E-state index contributed by atoms with van der Waals surface area (Å²) in [4.78, 5) is -0.339. The summed E-state index contributed by atoms with van der Waals surface area (Å²) in [5.74, 6) is -3.40. The molecule has 1 rings (SSSR count). The van der Waals surface area contributed by atoms with Gasteiger partial charge >= 0.3 is 5.76 Å². The van der Waals surface area contributed by atoms with E-state index < -0.39 is 15.6 Å². The summed E-state index contributed by atoms with van der Waals surface area (Å²) in [6.07, 6.45) is 2.89. The van der Waals surface area contributed by atoms with Crippen LogP contribution in [-0.4, -0.2) is 20.2 Å². The Labute approximate surface area is 112 Å². The first-order chi connectivity index (χ1) is 8.89. The molecule has 0 saturated carbocycles. The van der Waals surface area contributed by atoms with Gasteiger partial charge in [-0.2, -0.15) is 8.78 Å². The molecule has 1 atom stereocenters. The first kappa shape index (κ1) is 15.9. The van der Waals surface area contributed by atoms with E-state index in [0.717, 1.165) is 19.3 Å². The van der Waals surface area contributed by atoms with E-state index in [9.17, 15) is 17.2 Å². The van der Waals surface area contributed by atoms with Gasteiger partial charge in [0.05, 0.1) is 10.6 Å². The summed E-state index contributed by atoms with van der Waals surface area (Å²) < 4.78 is 48.3. The molecule has 1 aromatic carbocycles. The highest BCUT2D eigenvalue weighted by atomic mass is 32.2. The van der Waals surface area contributed by atoms with Crippen LogP contribution in [0, 0.1) is 0 Å². The maximum atomic E-state index is 12.6. The number of para-hydroxylation sites is 1. The summed E-state index contributed by atoms with van der Waals surface area (Å²) in [5.41, 5.74) is 0.242. The molecule has 1 aromatic rings. The Hall–Kier alpha value is -1.17. The molecule has 0 amide bonds. The van der Waals surface area contributed by atoms with Crippen molar-refractivity contribution in [2.75, 3.05) is 5.32 Å². The Bertz CT molecular complexity index is 503. The van der Waals surface area contributed by atoms with E-state index in [-0.39, 0.29) is 16.6 Å². The smallest absolute Gasteiger partial charge is 0.341 e. The monoisotopic (exact) mass is 291 g/mol. The van der Waals surface area contributed by atoms with Crippen LogP contribution in [0.3, 0.4) is 0 Å². The van der Waals surface area contributed by atoms with Gasteiger partial charge in [-0.15, -0.1) is 0 Å². The Balaban J connectivity index is 2.97. The quantitative estimate of drug-likeness (QED) is 0.833. The fourth-order valence-electron chi connectivity index (χ4n) is 1.78. The third-order valence-corrected chi connectivity index (χ3v) is 4.26. The minimum absolute atomic E-state index is 0.0361. The van der Waals surface area contributed by atoms with Crippen molar-refractivity contribution in [3.05, 3.63) is 24.3 Å². The van der Waals surface area contributed by atoms with E-state index >= 15 is 0 Å². The van der Waals surface area contributed by atoms with Gasteiger partial charge in [0.15, 0.2) is 0 Å². The number of hydrogen-bond donors (Lipinski definition) is 1. The molecule has 0 saturated heterocycles. The van der Waals surface area contributed by atoms with Crippen molar-refractivity contribution in [3.8, 4) is 0 Å². The molecule has 0 heterocycles. The fraction of sp³-hybridized carbons (Fsp3) is 0.538. The standard InChI is InChI=1S/C13H19F2NO2S/c1-3-4-7-10(2)16-11-8-5-6-9-12(11)19(17,18)13(14)15/h5-6,8-10,13,16H,3-4,7H2,1-2H3. The zero-order valence-electron chi connectivity index (χ0n) is 11.1. The van der Waals surface area contributed by atoms with Crippen molar-refractivity contribution < 1.29 is 17.2 Å². The zero-order chi connectivity index (χ0) is 14.5. The van der Waals surface area contributed by atoms with Gasteiger partial charge < -0.3 is 5.32 Å². The number of unbranched alkanes of at least 4 members (excludes halogenated alkanes) is 1. The molecular weight excluding hydrogens is 272 g/mol. The summed E-state index contributed by atoms with van der Waals surface area (Å²) in [6, 6.07) is 5.82. The number of anilines is 1. The lowest BCUT2D eigenvalue weighted by molar-refractivity contribution is 0.235. The molecule has 0 aliphatic heterocycles. The second-order valence-corrected chi connectivity index (χ2v) is 6.38. The zero-order valence-corrected chi connectivity index (χ0v) is 11.9. The molecule has 0 spiro atoms. The summed E-state index contributed by atoms with van der Waals surface area (Å²) >= 11 is 0. The molecule has 6 heteroatoms. The van der Waals surface area contributed by atoms with Gasteiger partial charge in [-0.05, 0) is 25.5 Å². The van der Waals surface area contributed by atoms with Crippen molar-refractivity contribution >= 4 is 15.5 Å². The van der Waals surface area contributed by atoms with Crippen molar-refractivity contribution in [1.29, 1.82) is 0 Å². The van der Waals surface area contributed by atoms with E-state index in [1.807, 2.05) is 6.92 Å². The highest BCUT2D eigenvalue weighted by molar-refractivity contribution is 7.91. The average molecular weight is 291 g/mol. The van der Waals surface area contributed by atoms with E-state index in [2.05, 4.69) is 12.2 Å². The Morgan fingerprint density at radius 1 is 1.26 bits per heavy atom. The van der Waals surface area contributed by atoms with Crippen molar-refractivity contribution in [2.24, 2.45) is 0 Å². The van der Waals surface area contributed by atoms with E-state index in [1.54, 1.807) is 6.07 Å². The molecule has 1 N–H and O–H groups in total. The highest BCUT2D eigenvalue weighted by Gasteiger charge is 2.29. The lowest BCUT2D eigenvalue weighted by Crippen LogP contribution is -2.19. The first-order valence-electron chi connectivity index (χ1n) is 6.27. The maximum Gasteiger partial charge on any atom is 0.341 e. The predicted octanol–water partition coefficient (Wildman–Crippen LogP) is 3.67. The predicted molar refractivity (Wildman–Crippen MR) is 72.2 cm³/mol. The highest BCUT2D eigenvalue weighted by Crippen LogP contribution is 2.26. The van der Waals surface area contributed by atoms with Crippen LogP contribution in [0.5, 0.6) is 0 Å². The third-order valence-electron chi connectivity index (χ3n) is 2.82. The van der Waals surface area contributed by atoms with E-state index in [1.165, 1.54) is 18.2 Å². The second-order valence-electron chi connectivity index (χ2n) is 4.49. The van der Waals surface area contributed by atoms with E-state index in [0.29, 0.717) is 0 Å². The lowest BCUT2D eigenvalue weighted by Gasteiger charge is -2.17. The van der Waals surface area contributed by atoms with Crippen LogP contribution in [0.2, 0.25) is 0 Å². The molecule has 3 nitrogen and oxygen atoms in total. The van der Waals surface area contributed by atoms with Gasteiger partial charge in [-0.3, -0.25) is 0 Å². The van der Waals surface area contributed by atoms with Gasteiger partial charge in [-0.1, -0.05) is 31.9 Å². The van der Waals surface area contributed by atoms with Crippen molar-refractivity contribution in [3.63, 3.8) is 0 Å². The molecule has 1 unspecified atom stereocenters. The number of alkyl halides is 2. The number of nitrogens with one attached hydrogen (secondary N) is 1. The van der Waals surface area contributed by atoms with Gasteiger partial charge in [0.1, 0.15) is 0 Å². The number of halogens is 2. The Kier molecular flexibility index (Phi) is 5.72. The van der Waals surface area contributed by atoms with Crippen LogP contribution in [0.15, 0.2) is 29.2 Å². The number of benzene rings is 1. The van der Waals surface area contributed by atoms with Crippen LogP contribution >= 0.6 is 0 Å². The number of sulfone groups is 1. The summed E-state index contributed by atoms with van der Waals surface area (Å²) in [6.45, 7) is 3.96. The molecule has 0 radical (unpaired) electrons. The van der Waals surface area contributed by atoms with Crippen LogP contribution in [0.1, 0.15) is 33.1 Å². The largest absolute Gasteiger partial charge is 0.382 e. The molecule has 0 aliphatic rings. The minimum atomic E-state index is -4.57. The van der Waals surface area contributed by atoms with Gasteiger partial charge in [0.25, 0.3) is 0 Å². The van der Waals surface area contributed by atoms with Crippen LogP contribution in [0.4, 0.5) is 14.5 Å². The van der Waals surface area contributed by atoms with Crippen molar-refractivity contribution in [1.82, 2.24) is 0 Å². The van der Waals surface area contributed by atoms with E-state index in [4.69, 9.17) is 0 Å². The molecule has 0 fully saturated rings. The molecule has 19 heavy (non-hydrogen) atoms. The van der Waals surface area contributed by atoms with Crippen molar-refractivity contribution in [2.45, 2.75) is 49.8 Å².